The van der Waals surface area contributed by atoms with Crippen LogP contribution in [-0.4, -0.2) is 58.5 Å². The Labute approximate surface area is 172 Å². The summed E-state index contributed by atoms with van der Waals surface area (Å²) in [6, 6.07) is 6.20. The highest BCUT2D eigenvalue weighted by atomic mass is 16.1. The minimum atomic E-state index is -0.251. The average molecular weight is 395 g/mol. The highest BCUT2D eigenvalue weighted by Crippen LogP contribution is 2.40. The van der Waals surface area contributed by atoms with Crippen LogP contribution in [0.15, 0.2) is 30.6 Å². The molecule has 2 saturated heterocycles. The third kappa shape index (κ3) is 4.24. The van der Waals surface area contributed by atoms with Crippen molar-refractivity contribution in [1.82, 2.24) is 25.2 Å². The highest BCUT2D eigenvalue weighted by Gasteiger charge is 2.49. The van der Waals surface area contributed by atoms with Crippen LogP contribution in [0.2, 0.25) is 0 Å². The molecule has 0 radical (unpaired) electrons. The second-order valence-electron chi connectivity index (χ2n) is 8.62. The van der Waals surface area contributed by atoms with Crippen LogP contribution >= 0.6 is 0 Å². The van der Waals surface area contributed by atoms with Gasteiger partial charge in [0.1, 0.15) is 0 Å². The lowest BCUT2D eigenvalue weighted by Crippen LogP contribution is -2.52. The minimum absolute atomic E-state index is 0.167. The normalized spacial score (nSPS) is 25.1. The number of amides is 1. The lowest BCUT2D eigenvalue weighted by molar-refractivity contribution is -0.122. The first-order valence-electron chi connectivity index (χ1n) is 10.4. The fourth-order valence-electron chi connectivity index (χ4n) is 4.69. The van der Waals surface area contributed by atoms with E-state index in [1.54, 1.807) is 0 Å². The molecule has 0 unspecified atom stereocenters. The monoisotopic (exact) mass is 394 g/mol. The van der Waals surface area contributed by atoms with E-state index >= 15 is 0 Å². The van der Waals surface area contributed by atoms with Crippen molar-refractivity contribution in [3.63, 3.8) is 0 Å². The molecule has 1 spiro atoms. The van der Waals surface area contributed by atoms with E-state index in [4.69, 9.17) is 4.98 Å². The Morgan fingerprint density at radius 3 is 2.76 bits per heavy atom. The topological polar surface area (TPSA) is 74.2 Å². The molecule has 4 heterocycles. The predicted molar refractivity (Wildman–Crippen MR) is 113 cm³/mol. The molecule has 2 aromatic rings. The van der Waals surface area contributed by atoms with Crippen molar-refractivity contribution in [3.8, 4) is 0 Å². The molecule has 0 bridgehead atoms. The maximum atomic E-state index is 12.5. The summed E-state index contributed by atoms with van der Waals surface area (Å²) in [6.07, 6.45) is 7.44. The molecule has 1 N–H and O–H groups in total. The van der Waals surface area contributed by atoms with Crippen LogP contribution in [0.25, 0.3) is 0 Å². The first-order chi connectivity index (χ1) is 13.9. The van der Waals surface area contributed by atoms with Crippen molar-refractivity contribution >= 4 is 11.9 Å². The summed E-state index contributed by atoms with van der Waals surface area (Å²) in [5, 5.41) is 3.40. The molecule has 2 aliphatic rings. The van der Waals surface area contributed by atoms with E-state index < -0.39 is 0 Å². The Kier molecular flexibility index (Phi) is 5.50. The number of rotatable bonds is 4. The number of aryl methyl sites for hydroxylation is 1. The zero-order valence-corrected chi connectivity index (χ0v) is 17.6. The van der Waals surface area contributed by atoms with Crippen molar-refractivity contribution in [3.05, 3.63) is 47.5 Å². The number of carbonyl (C=O) groups is 1. The summed E-state index contributed by atoms with van der Waals surface area (Å²) in [7, 11) is 3.88. The smallest absolute Gasteiger partial charge is 0.224 e. The summed E-state index contributed by atoms with van der Waals surface area (Å²) in [4.78, 5) is 30.5. The molecule has 154 valence electrons. The summed E-state index contributed by atoms with van der Waals surface area (Å²) < 4.78 is 0. The summed E-state index contributed by atoms with van der Waals surface area (Å²) >= 11 is 0. The molecule has 29 heavy (non-hydrogen) atoms. The zero-order chi connectivity index (χ0) is 20.4. The molecular weight excluding hydrogens is 364 g/mol. The number of nitrogens with one attached hydrogen (secondary N) is 1. The Morgan fingerprint density at radius 1 is 1.24 bits per heavy atom. The number of pyridine rings is 1. The van der Waals surface area contributed by atoms with Crippen molar-refractivity contribution < 1.29 is 4.79 Å². The predicted octanol–water partition coefficient (Wildman–Crippen LogP) is 2.27. The van der Waals surface area contributed by atoms with Gasteiger partial charge in [-0.25, -0.2) is 9.97 Å². The number of hydrogen-bond donors (Lipinski definition) is 1. The van der Waals surface area contributed by atoms with Crippen molar-refractivity contribution in [2.45, 2.75) is 50.6 Å². The van der Waals surface area contributed by atoms with Crippen LogP contribution in [-0.2, 0) is 11.3 Å². The van der Waals surface area contributed by atoms with Gasteiger partial charge in [0.25, 0.3) is 0 Å². The Morgan fingerprint density at radius 2 is 2.03 bits per heavy atom. The van der Waals surface area contributed by atoms with Gasteiger partial charge in [-0.15, -0.1) is 0 Å². The summed E-state index contributed by atoms with van der Waals surface area (Å²) in [6.45, 7) is 4.49. The fraction of sp³-hybridized carbons (Fsp3) is 0.545. The maximum Gasteiger partial charge on any atom is 0.224 e. The number of hydrogen-bond acceptors (Lipinski definition) is 6. The van der Waals surface area contributed by atoms with Gasteiger partial charge in [-0.2, -0.15) is 0 Å². The van der Waals surface area contributed by atoms with E-state index in [-0.39, 0.29) is 17.4 Å². The van der Waals surface area contributed by atoms with E-state index in [0.29, 0.717) is 12.4 Å². The van der Waals surface area contributed by atoms with Crippen molar-refractivity contribution in [2.75, 3.05) is 32.1 Å². The Hall–Kier alpha value is -2.54. The van der Waals surface area contributed by atoms with Gasteiger partial charge in [0.15, 0.2) is 0 Å². The quantitative estimate of drug-likeness (QED) is 0.858. The van der Waals surface area contributed by atoms with Gasteiger partial charge in [0, 0.05) is 75.4 Å². The minimum Gasteiger partial charge on any atom is -0.349 e. The lowest BCUT2D eigenvalue weighted by Gasteiger charge is -2.34. The molecule has 0 saturated carbocycles. The first-order valence-corrected chi connectivity index (χ1v) is 10.4. The van der Waals surface area contributed by atoms with E-state index in [0.717, 1.165) is 55.8 Å². The maximum absolute atomic E-state index is 12.5. The van der Waals surface area contributed by atoms with E-state index in [1.807, 2.05) is 44.4 Å². The molecule has 2 atom stereocenters. The third-order valence-electron chi connectivity index (χ3n) is 6.04. The fourth-order valence-corrected chi connectivity index (χ4v) is 4.69. The molecule has 2 aromatic heterocycles. The van der Waals surface area contributed by atoms with Crippen LogP contribution in [0.5, 0.6) is 0 Å². The number of nitrogens with zero attached hydrogens (tertiary/aromatic N) is 5. The number of aromatic nitrogens is 3. The van der Waals surface area contributed by atoms with E-state index in [2.05, 4.69) is 32.3 Å². The van der Waals surface area contributed by atoms with Gasteiger partial charge in [-0.3, -0.25) is 14.7 Å². The SMILES string of the molecule is Cc1cccc([C@@H]2CN(Cc3cnc(N(C)C)nc3)C[C@]23CCCCC(=O)N3)n1. The standard InChI is InChI=1S/C22H30N6O/c1-16-7-6-8-19(25-16)18-14-28(13-17-11-23-21(24-12-17)27(2)3)15-22(18)10-5-4-9-20(29)26-22/h6-8,11-12,18H,4-5,9-10,13-15H2,1-3H3,(H,26,29)/t18-,22+/m0/s1. The number of likely N-dealkylation sites (tertiary alicyclic amines) is 1. The van der Waals surface area contributed by atoms with Gasteiger partial charge in [-0.05, 0) is 31.9 Å². The van der Waals surface area contributed by atoms with Crippen LogP contribution in [0.4, 0.5) is 5.95 Å². The highest BCUT2D eigenvalue weighted by molar-refractivity contribution is 5.77. The van der Waals surface area contributed by atoms with Gasteiger partial charge < -0.3 is 10.2 Å². The second-order valence-corrected chi connectivity index (χ2v) is 8.62. The molecule has 0 aromatic carbocycles. The van der Waals surface area contributed by atoms with Crippen molar-refractivity contribution in [2.24, 2.45) is 0 Å². The number of anilines is 1. The average Bonchev–Trinajstić information content (AvgIpc) is 2.91. The van der Waals surface area contributed by atoms with Crippen LogP contribution < -0.4 is 10.2 Å². The van der Waals surface area contributed by atoms with Gasteiger partial charge in [0.2, 0.25) is 11.9 Å². The second kappa shape index (κ2) is 8.06. The Balaban J connectivity index is 1.60. The molecule has 1 amide bonds. The zero-order valence-electron chi connectivity index (χ0n) is 17.6. The molecule has 7 heteroatoms. The molecule has 4 rings (SSSR count). The largest absolute Gasteiger partial charge is 0.349 e. The first kappa shape index (κ1) is 19.8. The molecule has 0 aliphatic carbocycles. The molecular formula is C22H30N6O. The van der Waals surface area contributed by atoms with Crippen molar-refractivity contribution in [1.29, 1.82) is 0 Å². The Bertz CT molecular complexity index is 868. The van der Waals surface area contributed by atoms with Crippen LogP contribution in [0.3, 0.4) is 0 Å². The lowest BCUT2D eigenvalue weighted by atomic mass is 9.81. The van der Waals surface area contributed by atoms with Gasteiger partial charge in [-0.1, -0.05) is 12.5 Å². The summed E-state index contributed by atoms with van der Waals surface area (Å²) in [5.41, 5.74) is 2.93. The van der Waals surface area contributed by atoms with E-state index in [1.165, 1.54) is 0 Å². The van der Waals surface area contributed by atoms with Gasteiger partial charge in [0.05, 0.1) is 5.54 Å². The number of carbonyl (C=O) groups excluding carboxylic acids is 1. The summed E-state index contributed by atoms with van der Waals surface area (Å²) in [5.74, 6) is 1.07. The van der Waals surface area contributed by atoms with Gasteiger partial charge >= 0.3 is 0 Å². The molecule has 7 nitrogen and oxygen atoms in total. The molecule has 2 aliphatic heterocycles. The van der Waals surface area contributed by atoms with E-state index in [9.17, 15) is 4.79 Å². The third-order valence-corrected chi connectivity index (χ3v) is 6.04. The molecule has 2 fully saturated rings. The van der Waals surface area contributed by atoms with Crippen LogP contribution in [0.1, 0.15) is 48.6 Å². The van der Waals surface area contributed by atoms with Crippen LogP contribution in [0, 0.1) is 6.92 Å².